The maximum absolute atomic E-state index is 4.82. The second-order valence-corrected chi connectivity index (χ2v) is 12.3. The fourth-order valence-corrected chi connectivity index (χ4v) is 7.31. The minimum absolute atomic E-state index is 0.979. The molecule has 48 heavy (non-hydrogen) atoms. The van der Waals surface area contributed by atoms with Crippen LogP contribution in [0.2, 0.25) is 0 Å². The Morgan fingerprint density at radius 1 is 0.271 bits per heavy atom. The fourth-order valence-electron chi connectivity index (χ4n) is 7.31. The predicted octanol–water partition coefficient (Wildman–Crippen LogP) is 12.9. The number of hydrogen-bond acceptors (Lipinski definition) is 1. The Bertz CT molecular complexity index is 2530. The molecule has 8 aromatic carbocycles. The normalized spacial score (nSPS) is 11.3. The number of rotatable bonds is 5. The molecule has 1 nitrogen and oxygen atoms in total. The molecule has 0 bridgehead atoms. The van der Waals surface area contributed by atoms with E-state index in [9.17, 15) is 0 Å². The monoisotopic (exact) mass is 609 g/mol. The molecule has 1 aromatic heterocycles. The van der Waals surface area contributed by atoms with Crippen LogP contribution in [0.1, 0.15) is 0 Å². The number of fused-ring (bicyclic) bond motifs is 3. The van der Waals surface area contributed by atoms with Crippen LogP contribution in [0.5, 0.6) is 0 Å². The van der Waals surface area contributed by atoms with Crippen molar-refractivity contribution < 1.29 is 0 Å². The van der Waals surface area contributed by atoms with Crippen LogP contribution in [0.25, 0.3) is 88.1 Å². The van der Waals surface area contributed by atoms with E-state index in [2.05, 4.69) is 176 Å². The number of aromatic nitrogens is 1. The van der Waals surface area contributed by atoms with Crippen LogP contribution in [0.4, 0.5) is 0 Å². The summed E-state index contributed by atoms with van der Waals surface area (Å²) in [6.07, 6.45) is 1.99. The van der Waals surface area contributed by atoms with Crippen molar-refractivity contribution in [3.05, 3.63) is 188 Å². The highest BCUT2D eigenvalue weighted by atomic mass is 14.7. The summed E-state index contributed by atoms with van der Waals surface area (Å²) in [6.45, 7) is 0. The number of pyridine rings is 1. The van der Waals surface area contributed by atoms with Gasteiger partial charge in [0.2, 0.25) is 0 Å². The summed E-state index contributed by atoms with van der Waals surface area (Å²) in [4.78, 5) is 4.82. The molecule has 0 fully saturated rings. The van der Waals surface area contributed by atoms with Crippen LogP contribution in [-0.4, -0.2) is 4.98 Å². The first-order valence-corrected chi connectivity index (χ1v) is 16.5. The summed E-state index contributed by atoms with van der Waals surface area (Å²) < 4.78 is 0. The van der Waals surface area contributed by atoms with Crippen LogP contribution in [0, 0.1) is 0 Å². The van der Waals surface area contributed by atoms with Gasteiger partial charge >= 0.3 is 0 Å². The van der Waals surface area contributed by atoms with Gasteiger partial charge in [0.15, 0.2) is 0 Å². The second kappa shape index (κ2) is 11.8. The number of nitrogens with zero attached hydrogens (tertiary/aromatic N) is 1. The van der Waals surface area contributed by atoms with Gasteiger partial charge in [0.25, 0.3) is 0 Å². The van der Waals surface area contributed by atoms with Gasteiger partial charge in [0.1, 0.15) is 0 Å². The van der Waals surface area contributed by atoms with Gasteiger partial charge in [0, 0.05) is 17.3 Å². The van der Waals surface area contributed by atoms with Crippen molar-refractivity contribution in [3.8, 4) is 55.8 Å². The zero-order valence-electron chi connectivity index (χ0n) is 26.3. The molecule has 0 unspecified atom stereocenters. The van der Waals surface area contributed by atoms with Crippen LogP contribution >= 0.6 is 0 Å². The Morgan fingerprint density at radius 2 is 0.750 bits per heavy atom. The van der Waals surface area contributed by atoms with E-state index in [0.29, 0.717) is 0 Å². The van der Waals surface area contributed by atoms with Crippen LogP contribution in [0.15, 0.2) is 188 Å². The molecule has 0 radical (unpaired) electrons. The lowest BCUT2D eigenvalue weighted by Gasteiger charge is -2.20. The van der Waals surface area contributed by atoms with E-state index in [4.69, 9.17) is 4.98 Å². The van der Waals surface area contributed by atoms with Gasteiger partial charge in [-0.1, -0.05) is 170 Å². The molecule has 1 heteroatoms. The van der Waals surface area contributed by atoms with Gasteiger partial charge in [-0.15, -0.1) is 0 Å². The van der Waals surface area contributed by atoms with Crippen molar-refractivity contribution in [3.63, 3.8) is 0 Å². The maximum Gasteiger partial charge on any atom is 0.0702 e. The maximum atomic E-state index is 4.82. The number of hydrogen-bond donors (Lipinski definition) is 0. The molecule has 9 aromatic rings. The largest absolute Gasteiger partial charge is 0.256 e. The van der Waals surface area contributed by atoms with Crippen molar-refractivity contribution >= 4 is 32.3 Å². The molecule has 1 heterocycles. The van der Waals surface area contributed by atoms with Crippen molar-refractivity contribution in [1.82, 2.24) is 4.98 Å². The van der Waals surface area contributed by atoms with Crippen LogP contribution in [-0.2, 0) is 0 Å². The molecule has 9 rings (SSSR count). The first-order chi connectivity index (χ1) is 23.8. The Labute approximate surface area is 280 Å². The summed E-state index contributed by atoms with van der Waals surface area (Å²) in [5.41, 5.74) is 11.8. The van der Waals surface area contributed by atoms with E-state index in [1.165, 1.54) is 65.7 Å². The lowest BCUT2D eigenvalue weighted by atomic mass is 9.83. The molecule has 0 aliphatic heterocycles. The van der Waals surface area contributed by atoms with E-state index < -0.39 is 0 Å². The van der Waals surface area contributed by atoms with Gasteiger partial charge in [-0.3, -0.25) is 4.98 Å². The molecular weight excluding hydrogens is 579 g/mol. The van der Waals surface area contributed by atoms with Crippen molar-refractivity contribution in [1.29, 1.82) is 0 Å². The average Bonchev–Trinajstić information content (AvgIpc) is 3.17. The lowest BCUT2D eigenvalue weighted by molar-refractivity contribution is 1.33. The minimum Gasteiger partial charge on any atom is -0.256 e. The summed E-state index contributed by atoms with van der Waals surface area (Å²) >= 11 is 0. The third-order valence-corrected chi connectivity index (χ3v) is 9.53. The minimum atomic E-state index is 0.979. The quantitative estimate of drug-likeness (QED) is 0.177. The average molecular weight is 610 g/mol. The van der Waals surface area contributed by atoms with Crippen molar-refractivity contribution in [2.75, 3.05) is 0 Å². The first kappa shape index (κ1) is 28.0. The summed E-state index contributed by atoms with van der Waals surface area (Å²) in [6, 6.07) is 65.5. The van der Waals surface area contributed by atoms with E-state index in [-0.39, 0.29) is 0 Å². The Hall–Kier alpha value is -6.31. The lowest BCUT2D eigenvalue weighted by Crippen LogP contribution is -1.93. The van der Waals surface area contributed by atoms with E-state index in [0.717, 1.165) is 22.4 Å². The summed E-state index contributed by atoms with van der Waals surface area (Å²) in [5, 5.41) is 7.52. The fraction of sp³-hybridized carbons (Fsp3) is 0. The van der Waals surface area contributed by atoms with Crippen LogP contribution < -0.4 is 0 Å². The highest BCUT2D eigenvalue weighted by Crippen LogP contribution is 2.46. The molecule has 0 saturated heterocycles. The smallest absolute Gasteiger partial charge is 0.0702 e. The zero-order chi connectivity index (χ0) is 31.9. The van der Waals surface area contributed by atoms with Gasteiger partial charge in [0.05, 0.1) is 5.69 Å². The Kier molecular flexibility index (Phi) is 6.87. The highest BCUT2D eigenvalue weighted by Gasteiger charge is 2.19. The molecular formula is C47H31N. The second-order valence-electron chi connectivity index (χ2n) is 12.3. The molecule has 0 spiro atoms. The molecule has 0 atom stereocenters. The molecule has 0 amide bonds. The summed E-state index contributed by atoms with van der Waals surface area (Å²) in [7, 11) is 0. The Morgan fingerprint density at radius 3 is 1.35 bits per heavy atom. The van der Waals surface area contributed by atoms with Crippen molar-refractivity contribution in [2.45, 2.75) is 0 Å². The van der Waals surface area contributed by atoms with E-state index >= 15 is 0 Å². The van der Waals surface area contributed by atoms with E-state index in [1.54, 1.807) is 0 Å². The zero-order valence-corrected chi connectivity index (χ0v) is 26.3. The Balaban J connectivity index is 1.25. The SMILES string of the molecule is c1ccc(-c2ccc(-c3cccc(-c4c5ccccc5c(-c5ccc(-c6ccccc6)c6ccccc56)c5ccccc45)c3)cn2)cc1. The van der Waals surface area contributed by atoms with Gasteiger partial charge in [-0.2, -0.15) is 0 Å². The molecule has 0 saturated carbocycles. The van der Waals surface area contributed by atoms with Crippen molar-refractivity contribution in [2.24, 2.45) is 0 Å². The van der Waals surface area contributed by atoms with Gasteiger partial charge in [-0.25, -0.2) is 0 Å². The highest BCUT2D eigenvalue weighted by molar-refractivity contribution is 6.24. The standard InChI is InChI=1S/C47H31N/c1-3-14-32(15-4-1)37-27-28-44(39-21-8-7-20-38(37)39)47-42-24-11-9-22-40(42)46(41-23-10-12-25-43(41)47)35-19-13-18-34(30-35)36-26-29-45(48-31-36)33-16-5-2-6-17-33/h1-31H. The molecule has 0 N–H and O–H groups in total. The first-order valence-electron chi connectivity index (χ1n) is 16.5. The third kappa shape index (κ3) is 4.76. The summed E-state index contributed by atoms with van der Waals surface area (Å²) in [5.74, 6) is 0. The third-order valence-electron chi connectivity index (χ3n) is 9.53. The van der Waals surface area contributed by atoms with Crippen LogP contribution in [0.3, 0.4) is 0 Å². The van der Waals surface area contributed by atoms with Gasteiger partial charge in [-0.05, 0) is 83.4 Å². The molecule has 224 valence electrons. The van der Waals surface area contributed by atoms with Gasteiger partial charge < -0.3 is 0 Å². The van der Waals surface area contributed by atoms with E-state index in [1.807, 2.05) is 12.3 Å². The topological polar surface area (TPSA) is 12.9 Å². The molecule has 0 aliphatic carbocycles. The molecule has 0 aliphatic rings. The predicted molar refractivity (Wildman–Crippen MR) is 204 cm³/mol. The number of benzene rings is 8.